The highest BCUT2D eigenvalue weighted by atomic mass is 35.5. The van der Waals surface area contributed by atoms with Crippen molar-refractivity contribution in [3.8, 4) is 0 Å². The number of hydrogen-bond donors (Lipinski definition) is 0. The fourth-order valence-corrected chi connectivity index (χ4v) is 7.36. The molecule has 45 heavy (non-hydrogen) atoms. The number of hydrogen-bond acceptors (Lipinski definition) is 12. The van der Waals surface area contributed by atoms with Gasteiger partial charge in [-0.05, 0) is 30.8 Å². The van der Waals surface area contributed by atoms with E-state index >= 15 is 0 Å². The van der Waals surface area contributed by atoms with Crippen molar-refractivity contribution in [2.24, 2.45) is 5.41 Å². The highest BCUT2D eigenvalue weighted by Gasteiger charge is 2.46. The van der Waals surface area contributed by atoms with Gasteiger partial charge in [0.05, 0.1) is 50.4 Å². The molecule has 2 aromatic heterocycles. The molecule has 11 nitrogen and oxygen atoms in total. The first-order valence-electron chi connectivity index (χ1n) is 14.1. The Morgan fingerprint density at radius 1 is 0.800 bits per heavy atom. The lowest BCUT2D eigenvalue weighted by Gasteiger charge is -2.53. The Balaban J connectivity index is 0.000000591. The van der Waals surface area contributed by atoms with Crippen molar-refractivity contribution >= 4 is 76.9 Å². The third kappa shape index (κ3) is 8.13. The van der Waals surface area contributed by atoms with Gasteiger partial charge < -0.3 is 24.2 Å². The van der Waals surface area contributed by atoms with E-state index in [1.807, 2.05) is 12.5 Å². The van der Waals surface area contributed by atoms with E-state index in [4.69, 9.17) is 33.1 Å². The largest absolute Gasteiger partial charge is 0.542 e. The van der Waals surface area contributed by atoms with E-state index in [9.17, 15) is 22.8 Å². The average Bonchev–Trinajstić information content (AvgIpc) is 3.02. The highest BCUT2D eigenvalue weighted by Crippen LogP contribution is 2.45. The van der Waals surface area contributed by atoms with Gasteiger partial charge in [0.2, 0.25) is 0 Å². The van der Waals surface area contributed by atoms with E-state index in [0.717, 1.165) is 69.2 Å². The number of thioether (sulfide) groups is 2. The maximum Gasteiger partial charge on any atom is 0.430 e. The third-order valence-corrected chi connectivity index (χ3v) is 10.6. The van der Waals surface area contributed by atoms with Gasteiger partial charge in [0.1, 0.15) is 27.9 Å². The molecular formula is C27H32Cl2F3N7O4S2. The van der Waals surface area contributed by atoms with Crippen LogP contribution in [0.4, 0.5) is 24.8 Å². The Morgan fingerprint density at radius 3 is 1.56 bits per heavy atom. The Bertz CT molecular complexity index is 1320. The molecule has 2 aromatic rings. The quantitative estimate of drug-likeness (QED) is 0.143. The second-order valence-corrected chi connectivity index (χ2v) is 13.5. The molecule has 0 saturated carbocycles. The zero-order valence-electron chi connectivity index (χ0n) is 24.6. The molecule has 0 aliphatic carbocycles. The van der Waals surface area contributed by atoms with Crippen LogP contribution < -0.4 is 14.9 Å². The molecule has 246 valence electrons. The number of halogens is 5. The van der Waals surface area contributed by atoms with Gasteiger partial charge in [-0.15, -0.1) is 0 Å². The molecule has 3 saturated heterocycles. The van der Waals surface area contributed by atoms with Crippen LogP contribution in [0.3, 0.4) is 0 Å². The summed E-state index contributed by atoms with van der Waals surface area (Å²) in [4.78, 5) is 54.3. The number of carbonyl (C=O) groups excluding carboxylic acids is 3. The molecule has 3 aliphatic rings. The number of piperidine rings is 2. The van der Waals surface area contributed by atoms with Crippen molar-refractivity contribution in [3.05, 3.63) is 21.4 Å². The minimum absolute atomic E-state index is 0.226. The SMILES string of the molecule is CSc1nc(Cl)c(C=O)c(N2CCC3(CC2)CC[N+]2(CCN(c4nc(SC)nc(Cl)c4C=O)CC2)CC3)n1.O=C([O-])C(F)(F)F. The predicted octanol–water partition coefficient (Wildman–Crippen LogP) is 3.66. The summed E-state index contributed by atoms with van der Waals surface area (Å²) >= 11 is 15.4. The molecule has 0 unspecified atom stereocenters. The summed E-state index contributed by atoms with van der Waals surface area (Å²) in [5, 5.41) is 10.4. The summed E-state index contributed by atoms with van der Waals surface area (Å²) in [7, 11) is 0. The molecule has 5 heterocycles. The lowest BCUT2D eigenvalue weighted by Crippen LogP contribution is -2.64. The van der Waals surface area contributed by atoms with Gasteiger partial charge >= 0.3 is 6.18 Å². The summed E-state index contributed by atoms with van der Waals surface area (Å²) in [6.45, 7) is 7.86. The number of anilines is 2. The van der Waals surface area contributed by atoms with E-state index in [1.54, 1.807) is 0 Å². The van der Waals surface area contributed by atoms with Crippen LogP contribution in [-0.2, 0) is 4.79 Å². The van der Waals surface area contributed by atoms with E-state index < -0.39 is 12.1 Å². The van der Waals surface area contributed by atoms with Gasteiger partial charge in [0.25, 0.3) is 0 Å². The summed E-state index contributed by atoms with van der Waals surface area (Å²) in [6.07, 6.45) is 4.76. The molecule has 5 rings (SSSR count). The topological polar surface area (TPSA) is 132 Å². The Kier molecular flexibility index (Phi) is 11.5. The number of piperazine rings is 1. The van der Waals surface area contributed by atoms with Crippen LogP contribution in [0, 0.1) is 5.41 Å². The average molecular weight is 711 g/mol. The van der Waals surface area contributed by atoms with Gasteiger partial charge in [0, 0.05) is 25.9 Å². The maximum absolute atomic E-state index is 11.7. The smallest absolute Gasteiger partial charge is 0.430 e. The second-order valence-electron chi connectivity index (χ2n) is 11.2. The first kappa shape index (κ1) is 35.5. The van der Waals surface area contributed by atoms with Crippen molar-refractivity contribution in [3.63, 3.8) is 0 Å². The van der Waals surface area contributed by atoms with Crippen molar-refractivity contribution in [2.75, 3.05) is 74.7 Å². The molecule has 0 bridgehead atoms. The van der Waals surface area contributed by atoms with E-state index in [0.29, 0.717) is 38.5 Å². The van der Waals surface area contributed by atoms with Crippen molar-refractivity contribution in [1.82, 2.24) is 19.9 Å². The van der Waals surface area contributed by atoms with Crippen molar-refractivity contribution < 1.29 is 37.1 Å². The molecule has 0 aromatic carbocycles. The van der Waals surface area contributed by atoms with Gasteiger partial charge in [0.15, 0.2) is 22.9 Å². The van der Waals surface area contributed by atoms with E-state index in [1.165, 1.54) is 49.5 Å². The molecule has 3 aliphatic heterocycles. The second kappa shape index (κ2) is 14.6. The van der Waals surface area contributed by atoms with Crippen LogP contribution in [-0.4, -0.2) is 114 Å². The van der Waals surface area contributed by atoms with Gasteiger partial charge in [-0.2, -0.15) is 13.2 Å². The molecular weight excluding hydrogens is 678 g/mol. The molecule has 0 radical (unpaired) electrons. The number of carbonyl (C=O) groups is 3. The molecule has 18 heteroatoms. The minimum atomic E-state index is -5.19. The summed E-state index contributed by atoms with van der Waals surface area (Å²) in [6, 6.07) is 0. The maximum atomic E-state index is 11.7. The minimum Gasteiger partial charge on any atom is -0.542 e. The first-order valence-corrected chi connectivity index (χ1v) is 17.3. The van der Waals surface area contributed by atoms with Crippen LogP contribution in [0.1, 0.15) is 46.4 Å². The van der Waals surface area contributed by atoms with E-state index in [2.05, 4.69) is 29.7 Å². The predicted molar refractivity (Wildman–Crippen MR) is 165 cm³/mol. The fraction of sp³-hybridized carbons (Fsp3) is 0.593. The van der Waals surface area contributed by atoms with Gasteiger partial charge in [-0.3, -0.25) is 9.59 Å². The molecule has 3 fully saturated rings. The summed E-state index contributed by atoms with van der Waals surface area (Å²) in [5.41, 5.74) is 1.11. The zero-order valence-corrected chi connectivity index (χ0v) is 27.8. The lowest BCUT2D eigenvalue weighted by molar-refractivity contribution is -0.935. The van der Waals surface area contributed by atoms with Crippen LogP contribution in [0.15, 0.2) is 10.3 Å². The first-order chi connectivity index (χ1) is 21.3. The van der Waals surface area contributed by atoms with Crippen LogP contribution in [0.2, 0.25) is 10.3 Å². The number of carboxylic acid groups (broad SMARTS) is 1. The lowest BCUT2D eigenvalue weighted by atomic mass is 9.70. The normalized spacial score (nSPS) is 19.2. The molecule has 0 atom stereocenters. The highest BCUT2D eigenvalue weighted by molar-refractivity contribution is 7.98. The molecule has 0 N–H and O–H groups in total. The number of rotatable bonds is 6. The van der Waals surface area contributed by atoms with Gasteiger partial charge in [-0.1, -0.05) is 46.7 Å². The number of aromatic nitrogens is 4. The standard InChI is InChI=1S/C25H32Cl2N7O2S2.C2HF3O2/c1-37-23-28-19(26)17(15-35)21(30-23)32-7-3-25(4-8-32)5-11-34(12-6-25)13-9-33(10-14-34)22-18(16-36)20(27)29-24(31-22)38-2;3-2(4,5)1(6)7/h15-16H,3-14H2,1-2H3;(H,6,7)/q+1;/p-1. The fourth-order valence-electron chi connectivity index (χ4n) is 6.12. The Labute approximate surface area is 276 Å². The number of alkyl halides is 3. The number of aliphatic carboxylic acids is 1. The monoisotopic (exact) mass is 709 g/mol. The Morgan fingerprint density at radius 2 is 1.20 bits per heavy atom. The zero-order chi connectivity index (χ0) is 33.0. The summed E-state index contributed by atoms with van der Waals surface area (Å²) in [5.74, 6) is -1.68. The number of nitrogens with zero attached hydrogens (tertiary/aromatic N) is 7. The van der Waals surface area contributed by atoms with Crippen LogP contribution in [0.25, 0.3) is 0 Å². The number of carboxylic acids is 1. The Hall–Kier alpha value is -2.40. The van der Waals surface area contributed by atoms with E-state index in [-0.39, 0.29) is 10.3 Å². The molecule has 2 spiro atoms. The van der Waals surface area contributed by atoms with Crippen molar-refractivity contribution in [2.45, 2.75) is 42.2 Å². The summed E-state index contributed by atoms with van der Waals surface area (Å²) < 4.78 is 32.7. The van der Waals surface area contributed by atoms with Crippen molar-refractivity contribution in [1.29, 1.82) is 0 Å². The van der Waals surface area contributed by atoms with Crippen LogP contribution >= 0.6 is 46.7 Å². The third-order valence-electron chi connectivity index (χ3n) is 8.89. The number of quaternary nitrogens is 1. The van der Waals surface area contributed by atoms with Crippen LogP contribution in [0.5, 0.6) is 0 Å². The van der Waals surface area contributed by atoms with Gasteiger partial charge in [-0.25, -0.2) is 19.9 Å². The number of aldehydes is 2. The molecule has 0 amide bonds.